The molecule has 0 aromatic carbocycles. The van der Waals surface area contributed by atoms with Crippen molar-refractivity contribution >= 4 is 29.4 Å². The number of hydrogen-bond donors (Lipinski definition) is 4. The Bertz CT molecular complexity index is 1210. The lowest BCUT2D eigenvalue weighted by atomic mass is 9.47. The Hall–Kier alpha value is -2.49. The average molecular weight is 627 g/mol. The van der Waals surface area contributed by atoms with Gasteiger partial charge in [-0.3, -0.25) is 24.0 Å². The molecule has 45 heavy (non-hydrogen) atoms. The molecule has 4 bridgehead atoms. The number of rotatable bonds is 11. The van der Waals surface area contributed by atoms with Crippen LogP contribution in [0, 0.1) is 34.5 Å². The highest BCUT2D eigenvalue weighted by molar-refractivity contribution is 6.38. The molecular formula is C35H54N4O6. The first-order valence-electron chi connectivity index (χ1n) is 17.7. The molecule has 4 N–H and O–H groups in total. The zero-order valence-electron chi connectivity index (χ0n) is 27.7. The molecule has 10 nitrogen and oxygen atoms in total. The summed E-state index contributed by atoms with van der Waals surface area (Å²) in [6, 6.07) is -2.47. The van der Waals surface area contributed by atoms with Gasteiger partial charge in [-0.05, 0) is 105 Å². The lowest BCUT2D eigenvalue weighted by Gasteiger charge is -2.60. The number of Topliss-reactive ketones (excluding diaryl/α,β-unsaturated/α-hetero) is 1. The second kappa shape index (κ2) is 11.9. The van der Waals surface area contributed by atoms with Crippen LogP contribution in [0.4, 0.5) is 0 Å². The molecule has 7 aliphatic rings. The van der Waals surface area contributed by atoms with E-state index in [4.69, 9.17) is 0 Å². The third-order valence-electron chi connectivity index (χ3n) is 11.9. The largest absolute Gasteiger partial charge is 0.390 e. The van der Waals surface area contributed by atoms with Crippen molar-refractivity contribution in [2.75, 3.05) is 6.54 Å². The predicted molar refractivity (Wildman–Crippen MR) is 167 cm³/mol. The van der Waals surface area contributed by atoms with E-state index in [0.717, 1.165) is 64.2 Å². The van der Waals surface area contributed by atoms with Crippen LogP contribution in [-0.4, -0.2) is 75.7 Å². The molecule has 7 atom stereocenters. The van der Waals surface area contributed by atoms with Crippen molar-refractivity contribution < 1.29 is 29.1 Å². The van der Waals surface area contributed by atoms with Gasteiger partial charge >= 0.3 is 0 Å². The monoisotopic (exact) mass is 626 g/mol. The summed E-state index contributed by atoms with van der Waals surface area (Å²) in [6.07, 6.45) is 11.1. The summed E-state index contributed by atoms with van der Waals surface area (Å²) in [6.45, 7) is 8.15. The maximum absolute atomic E-state index is 14.4. The summed E-state index contributed by atoms with van der Waals surface area (Å²) < 4.78 is 0. The van der Waals surface area contributed by atoms with Crippen LogP contribution in [0.25, 0.3) is 0 Å². The van der Waals surface area contributed by atoms with Gasteiger partial charge < -0.3 is 26.0 Å². The molecule has 0 aromatic rings. The Labute approximate surface area is 267 Å². The normalized spacial score (nSPS) is 36.3. The van der Waals surface area contributed by atoms with Gasteiger partial charge in [-0.2, -0.15) is 0 Å². The number of fused-ring (bicyclic) bond motifs is 1. The zero-order chi connectivity index (χ0) is 32.3. The molecule has 2 unspecified atom stereocenters. The fourth-order valence-electron chi connectivity index (χ4n) is 10.3. The molecule has 250 valence electrons. The van der Waals surface area contributed by atoms with Gasteiger partial charge in [0.2, 0.25) is 23.5 Å². The topological polar surface area (TPSA) is 145 Å². The molecule has 1 aliphatic heterocycles. The molecule has 1 saturated heterocycles. The summed E-state index contributed by atoms with van der Waals surface area (Å²) >= 11 is 0. The lowest BCUT2D eigenvalue weighted by Crippen LogP contribution is -2.61. The summed E-state index contributed by atoms with van der Waals surface area (Å²) in [5.41, 5.74) is -1.48. The first-order chi connectivity index (χ1) is 21.2. The van der Waals surface area contributed by atoms with E-state index in [2.05, 4.69) is 16.0 Å². The van der Waals surface area contributed by atoms with Gasteiger partial charge in [-0.1, -0.05) is 40.5 Å². The van der Waals surface area contributed by atoms with Gasteiger partial charge in [0.25, 0.3) is 5.91 Å². The minimum atomic E-state index is -0.938. The molecule has 7 rings (SSSR count). The van der Waals surface area contributed by atoms with Crippen molar-refractivity contribution in [2.45, 2.75) is 147 Å². The average Bonchev–Trinajstić information content (AvgIpc) is 3.49. The van der Waals surface area contributed by atoms with Gasteiger partial charge in [0.15, 0.2) is 0 Å². The van der Waals surface area contributed by atoms with Crippen LogP contribution in [0.5, 0.6) is 0 Å². The summed E-state index contributed by atoms with van der Waals surface area (Å²) in [7, 11) is 0. The third-order valence-corrected chi connectivity index (χ3v) is 11.9. The number of likely N-dealkylation sites (tertiary alicyclic amines) is 1. The number of nitrogens with zero attached hydrogens (tertiary/aromatic N) is 1. The second-order valence-corrected chi connectivity index (χ2v) is 17.0. The van der Waals surface area contributed by atoms with Crippen LogP contribution < -0.4 is 16.0 Å². The highest BCUT2D eigenvalue weighted by Crippen LogP contribution is 2.62. The second-order valence-electron chi connectivity index (χ2n) is 17.0. The van der Waals surface area contributed by atoms with E-state index in [-0.39, 0.29) is 41.0 Å². The van der Waals surface area contributed by atoms with Gasteiger partial charge in [0.1, 0.15) is 12.1 Å². The quantitative estimate of drug-likeness (QED) is 0.260. The highest BCUT2D eigenvalue weighted by atomic mass is 16.3. The number of aliphatic hydroxyl groups is 1. The van der Waals surface area contributed by atoms with Crippen molar-refractivity contribution in [3.63, 3.8) is 0 Å². The number of ketones is 1. The van der Waals surface area contributed by atoms with Gasteiger partial charge in [-0.25, -0.2) is 0 Å². The van der Waals surface area contributed by atoms with Crippen LogP contribution in [0.15, 0.2) is 0 Å². The number of amides is 4. The van der Waals surface area contributed by atoms with E-state index >= 15 is 0 Å². The number of nitrogens with one attached hydrogen (secondary N) is 3. The van der Waals surface area contributed by atoms with Crippen molar-refractivity contribution in [1.82, 2.24) is 20.9 Å². The Morgan fingerprint density at radius 3 is 2.24 bits per heavy atom. The Morgan fingerprint density at radius 2 is 1.64 bits per heavy atom. The minimum Gasteiger partial charge on any atom is -0.390 e. The van der Waals surface area contributed by atoms with Crippen LogP contribution in [0.3, 0.4) is 0 Å². The van der Waals surface area contributed by atoms with Gasteiger partial charge in [0, 0.05) is 19.0 Å². The van der Waals surface area contributed by atoms with E-state index in [9.17, 15) is 29.1 Å². The van der Waals surface area contributed by atoms with E-state index in [1.807, 2.05) is 27.7 Å². The summed E-state index contributed by atoms with van der Waals surface area (Å²) in [4.78, 5) is 69.5. The maximum Gasteiger partial charge on any atom is 0.289 e. The molecule has 0 spiro atoms. The van der Waals surface area contributed by atoms with E-state index in [0.29, 0.717) is 44.1 Å². The molecule has 4 amide bonds. The first kappa shape index (κ1) is 32.5. The highest BCUT2D eigenvalue weighted by Gasteiger charge is 2.58. The molecule has 0 radical (unpaired) electrons. The Morgan fingerprint density at radius 1 is 0.956 bits per heavy atom. The predicted octanol–water partition coefficient (Wildman–Crippen LogP) is 3.00. The molecule has 6 saturated carbocycles. The smallest absolute Gasteiger partial charge is 0.289 e. The minimum absolute atomic E-state index is 0.0179. The third kappa shape index (κ3) is 6.68. The first-order valence-corrected chi connectivity index (χ1v) is 17.7. The SMILES string of the molecule is CCC[C@H](NC(=O)[C@@H]1[C@H]2CCC[C@H]2CN1C(=O)[C@@H](NC(=O)CC12CC3CC(CC(O)(C3)C1)C2)C(C)(C)C)C(=O)C(=O)NC1CC1. The van der Waals surface area contributed by atoms with Crippen LogP contribution in [0.1, 0.15) is 118 Å². The van der Waals surface area contributed by atoms with E-state index < -0.39 is 40.8 Å². The zero-order valence-corrected chi connectivity index (χ0v) is 27.7. The van der Waals surface area contributed by atoms with Gasteiger partial charge in [0.05, 0.1) is 11.6 Å². The summed E-state index contributed by atoms with van der Waals surface area (Å²) in [5.74, 6) is -0.997. The Kier molecular flexibility index (Phi) is 8.62. The molecule has 6 aliphatic carbocycles. The van der Waals surface area contributed by atoms with Crippen molar-refractivity contribution in [3.05, 3.63) is 0 Å². The molecule has 1 heterocycles. The van der Waals surface area contributed by atoms with Crippen LogP contribution >= 0.6 is 0 Å². The fourth-order valence-corrected chi connectivity index (χ4v) is 10.3. The molecule has 10 heteroatoms. The fraction of sp³-hybridized carbons (Fsp3) is 0.857. The molecule has 0 aromatic heterocycles. The number of hydrogen-bond acceptors (Lipinski definition) is 6. The molecule has 7 fully saturated rings. The van der Waals surface area contributed by atoms with Crippen molar-refractivity contribution in [3.8, 4) is 0 Å². The lowest BCUT2D eigenvalue weighted by molar-refractivity contribution is -0.170. The van der Waals surface area contributed by atoms with E-state index in [1.54, 1.807) is 4.90 Å². The van der Waals surface area contributed by atoms with E-state index in [1.165, 1.54) is 0 Å². The van der Waals surface area contributed by atoms with Crippen molar-refractivity contribution in [2.24, 2.45) is 34.5 Å². The molecular weight excluding hydrogens is 572 g/mol. The number of carbonyl (C=O) groups excluding carboxylic acids is 5. The van der Waals surface area contributed by atoms with Crippen molar-refractivity contribution in [1.29, 1.82) is 0 Å². The van der Waals surface area contributed by atoms with Crippen LogP contribution in [-0.2, 0) is 24.0 Å². The maximum atomic E-state index is 14.4. The standard InChI is InChI=1S/C35H54N4O6/c1-5-7-25(28(41)31(43)36-23-10-11-23)37-30(42)27-24-9-6-8-22(24)18-39(27)32(44)29(33(2,3)4)38-26(40)17-34-13-20-12-21(14-34)16-35(45,15-20)19-34/h20-25,27,29,45H,5-19H2,1-4H3,(H,36,43)(H,37,42)(H,38,40)/t20?,21?,22-,24-,25-,27-,29+,34?,35?/m0/s1. The number of carbonyl (C=O) groups is 5. The Balaban J connectivity index is 1.17. The summed E-state index contributed by atoms with van der Waals surface area (Å²) in [5, 5.41) is 19.9. The van der Waals surface area contributed by atoms with Crippen LogP contribution in [0.2, 0.25) is 0 Å². The van der Waals surface area contributed by atoms with Gasteiger partial charge in [-0.15, -0.1) is 0 Å².